The van der Waals surface area contributed by atoms with Crippen molar-refractivity contribution < 1.29 is 9.90 Å². The lowest BCUT2D eigenvalue weighted by molar-refractivity contribution is -0.131. The number of hydrogen-bond acceptors (Lipinski definition) is 3. The summed E-state index contributed by atoms with van der Waals surface area (Å²) in [6.07, 6.45) is 5.09. The molecule has 0 aliphatic heterocycles. The molecular weight excluding hydrogens is 216 g/mol. The van der Waals surface area contributed by atoms with Crippen LogP contribution in [0.1, 0.15) is 0 Å². The van der Waals surface area contributed by atoms with Gasteiger partial charge in [0.1, 0.15) is 0 Å². The first-order chi connectivity index (χ1) is 8.19. The third kappa shape index (κ3) is 6.71. The summed E-state index contributed by atoms with van der Waals surface area (Å²) < 4.78 is 0. The van der Waals surface area contributed by atoms with Gasteiger partial charge in [-0.2, -0.15) is 0 Å². The fourth-order valence-electron chi connectivity index (χ4n) is 1.44. The number of carbonyl (C=O) groups excluding carboxylic acids is 1. The minimum Gasteiger partial charge on any atom is -0.395 e. The first-order valence-electron chi connectivity index (χ1n) is 5.63. The van der Waals surface area contributed by atoms with Gasteiger partial charge in [0.2, 0.25) is 5.91 Å². The van der Waals surface area contributed by atoms with Crippen LogP contribution in [-0.4, -0.2) is 60.1 Å². The van der Waals surface area contributed by atoms with E-state index in [9.17, 15) is 4.79 Å². The van der Waals surface area contributed by atoms with Crippen LogP contribution in [-0.2, 0) is 4.79 Å². The Labute approximate surface area is 104 Å². The second-order valence-electron chi connectivity index (χ2n) is 3.62. The Kier molecular flexibility index (Phi) is 9.01. The molecule has 0 unspecified atom stereocenters. The fourth-order valence-corrected chi connectivity index (χ4v) is 1.44. The highest BCUT2D eigenvalue weighted by atomic mass is 16.3. The summed E-state index contributed by atoms with van der Waals surface area (Å²) in [6.45, 7) is 13.2. The Bertz CT molecular complexity index is 254. The van der Waals surface area contributed by atoms with Crippen molar-refractivity contribution in [3.63, 3.8) is 0 Å². The van der Waals surface area contributed by atoms with Gasteiger partial charge in [0.05, 0.1) is 13.2 Å². The van der Waals surface area contributed by atoms with Crippen LogP contribution in [0.2, 0.25) is 0 Å². The van der Waals surface area contributed by atoms with Gasteiger partial charge < -0.3 is 10.0 Å². The van der Waals surface area contributed by atoms with Crippen molar-refractivity contribution in [2.75, 3.05) is 39.3 Å². The molecule has 0 bridgehead atoms. The molecule has 96 valence electrons. The monoisotopic (exact) mass is 238 g/mol. The van der Waals surface area contributed by atoms with E-state index in [1.165, 1.54) is 0 Å². The second-order valence-corrected chi connectivity index (χ2v) is 3.62. The Morgan fingerprint density at radius 1 is 1.06 bits per heavy atom. The fraction of sp³-hybridized carbons (Fsp3) is 0.462. The molecule has 0 aromatic heterocycles. The van der Waals surface area contributed by atoms with Crippen LogP contribution >= 0.6 is 0 Å². The van der Waals surface area contributed by atoms with E-state index in [1.807, 2.05) is 4.90 Å². The summed E-state index contributed by atoms with van der Waals surface area (Å²) in [5.74, 6) is 0.0000926. The third-order valence-electron chi connectivity index (χ3n) is 2.21. The zero-order chi connectivity index (χ0) is 13.1. The maximum Gasteiger partial charge on any atom is 0.237 e. The molecule has 0 aromatic carbocycles. The van der Waals surface area contributed by atoms with Crippen molar-refractivity contribution in [2.45, 2.75) is 0 Å². The van der Waals surface area contributed by atoms with Gasteiger partial charge in [0, 0.05) is 26.2 Å². The number of nitrogens with zero attached hydrogens (tertiary/aromatic N) is 2. The third-order valence-corrected chi connectivity index (χ3v) is 2.21. The van der Waals surface area contributed by atoms with Crippen LogP contribution in [0, 0.1) is 0 Å². The molecule has 0 heterocycles. The zero-order valence-corrected chi connectivity index (χ0v) is 10.3. The summed E-state index contributed by atoms with van der Waals surface area (Å²) in [4.78, 5) is 15.5. The molecule has 17 heavy (non-hydrogen) atoms. The molecule has 0 saturated heterocycles. The zero-order valence-electron chi connectivity index (χ0n) is 10.3. The van der Waals surface area contributed by atoms with Crippen molar-refractivity contribution in [3.8, 4) is 0 Å². The van der Waals surface area contributed by atoms with Crippen LogP contribution in [0.5, 0.6) is 0 Å². The minimum atomic E-state index is 0.0000926. The lowest BCUT2D eigenvalue weighted by Crippen LogP contribution is -2.41. The predicted octanol–water partition coefficient (Wildman–Crippen LogP) is 0.667. The highest BCUT2D eigenvalue weighted by Crippen LogP contribution is 1.96. The molecule has 0 aromatic rings. The van der Waals surface area contributed by atoms with Gasteiger partial charge in [-0.3, -0.25) is 9.69 Å². The number of amides is 1. The van der Waals surface area contributed by atoms with Crippen LogP contribution in [0.4, 0.5) is 0 Å². The Hall–Kier alpha value is -1.39. The topological polar surface area (TPSA) is 43.8 Å². The minimum absolute atomic E-state index is 0.0000926. The van der Waals surface area contributed by atoms with E-state index in [0.29, 0.717) is 26.2 Å². The van der Waals surface area contributed by atoms with Gasteiger partial charge in [0.25, 0.3) is 0 Å². The van der Waals surface area contributed by atoms with E-state index in [2.05, 4.69) is 19.7 Å². The molecule has 0 aliphatic carbocycles. The van der Waals surface area contributed by atoms with Crippen LogP contribution < -0.4 is 0 Å². The molecule has 1 N–H and O–H groups in total. The predicted molar refractivity (Wildman–Crippen MR) is 70.7 cm³/mol. The molecule has 4 heteroatoms. The Morgan fingerprint density at radius 2 is 1.59 bits per heavy atom. The van der Waals surface area contributed by atoms with Gasteiger partial charge in [-0.15, -0.1) is 19.7 Å². The van der Waals surface area contributed by atoms with E-state index in [4.69, 9.17) is 5.11 Å². The van der Waals surface area contributed by atoms with Crippen molar-refractivity contribution in [1.29, 1.82) is 0 Å². The molecule has 4 nitrogen and oxygen atoms in total. The van der Waals surface area contributed by atoms with E-state index in [1.54, 1.807) is 23.1 Å². The second kappa shape index (κ2) is 9.81. The SMILES string of the molecule is C=CCN(CCO)CC(=O)N(CC=C)CC=C. The van der Waals surface area contributed by atoms with Crippen LogP contribution in [0.3, 0.4) is 0 Å². The van der Waals surface area contributed by atoms with E-state index in [-0.39, 0.29) is 19.1 Å². The average molecular weight is 238 g/mol. The molecule has 0 spiro atoms. The maximum absolute atomic E-state index is 12.0. The number of aliphatic hydroxyl groups excluding tert-OH is 1. The summed E-state index contributed by atoms with van der Waals surface area (Å²) in [5.41, 5.74) is 0. The van der Waals surface area contributed by atoms with E-state index < -0.39 is 0 Å². The van der Waals surface area contributed by atoms with Crippen molar-refractivity contribution in [3.05, 3.63) is 38.0 Å². The van der Waals surface area contributed by atoms with E-state index >= 15 is 0 Å². The van der Waals surface area contributed by atoms with Crippen molar-refractivity contribution >= 4 is 5.91 Å². The highest BCUT2D eigenvalue weighted by Gasteiger charge is 2.14. The average Bonchev–Trinajstić information content (AvgIpc) is 2.29. The first-order valence-corrected chi connectivity index (χ1v) is 5.63. The van der Waals surface area contributed by atoms with Gasteiger partial charge in [-0.25, -0.2) is 0 Å². The number of carbonyl (C=O) groups is 1. The quantitative estimate of drug-likeness (QED) is 0.569. The van der Waals surface area contributed by atoms with Crippen LogP contribution in [0.25, 0.3) is 0 Å². The van der Waals surface area contributed by atoms with Crippen LogP contribution in [0.15, 0.2) is 38.0 Å². The molecule has 1 amide bonds. The molecule has 0 fully saturated rings. The molecule has 0 radical (unpaired) electrons. The highest BCUT2D eigenvalue weighted by molar-refractivity contribution is 5.78. The Morgan fingerprint density at radius 3 is 2.00 bits per heavy atom. The van der Waals surface area contributed by atoms with Gasteiger partial charge >= 0.3 is 0 Å². The number of aliphatic hydroxyl groups is 1. The number of hydrogen-bond donors (Lipinski definition) is 1. The van der Waals surface area contributed by atoms with Gasteiger partial charge in [-0.05, 0) is 0 Å². The summed E-state index contributed by atoms with van der Waals surface area (Å²) in [7, 11) is 0. The van der Waals surface area contributed by atoms with E-state index in [0.717, 1.165) is 0 Å². The summed E-state index contributed by atoms with van der Waals surface area (Å²) in [6, 6.07) is 0. The molecule has 0 aliphatic rings. The molecule has 0 rings (SSSR count). The molecule has 0 atom stereocenters. The van der Waals surface area contributed by atoms with Gasteiger partial charge in [0.15, 0.2) is 0 Å². The van der Waals surface area contributed by atoms with Gasteiger partial charge in [-0.1, -0.05) is 18.2 Å². The normalized spacial score (nSPS) is 10.0. The summed E-state index contributed by atoms with van der Waals surface area (Å²) >= 11 is 0. The first kappa shape index (κ1) is 15.6. The standard InChI is InChI=1S/C13H22N2O2/c1-4-7-14(10-11-16)12-13(17)15(8-5-2)9-6-3/h4-6,16H,1-3,7-12H2. The Balaban J connectivity index is 4.36. The van der Waals surface area contributed by atoms with Crippen molar-refractivity contribution in [1.82, 2.24) is 9.80 Å². The lowest BCUT2D eigenvalue weighted by atomic mass is 10.3. The number of rotatable bonds is 10. The maximum atomic E-state index is 12.0. The lowest BCUT2D eigenvalue weighted by Gasteiger charge is -2.24. The largest absolute Gasteiger partial charge is 0.395 e. The smallest absolute Gasteiger partial charge is 0.237 e. The molecule has 0 saturated carbocycles. The van der Waals surface area contributed by atoms with Crippen molar-refractivity contribution in [2.24, 2.45) is 0 Å². The summed E-state index contributed by atoms with van der Waals surface area (Å²) in [5, 5.41) is 8.89. The molecular formula is C13H22N2O2.